The molecule has 0 aliphatic carbocycles. The van der Waals surface area contributed by atoms with Crippen LogP contribution in [0.5, 0.6) is 0 Å². The first kappa shape index (κ1) is 16.8. The second-order valence-corrected chi connectivity index (χ2v) is 4.79. The quantitative estimate of drug-likeness (QED) is 0.711. The van der Waals surface area contributed by atoms with E-state index < -0.39 is 5.97 Å². The zero-order chi connectivity index (χ0) is 15.8. The lowest BCUT2D eigenvalue weighted by Crippen LogP contribution is -2.37. The first-order valence-corrected chi connectivity index (χ1v) is 6.77. The molecule has 2 N–H and O–H groups in total. The van der Waals surface area contributed by atoms with Crippen LogP contribution in [0.3, 0.4) is 0 Å². The third kappa shape index (κ3) is 6.18. The molecule has 0 saturated carbocycles. The second kappa shape index (κ2) is 8.16. The van der Waals surface area contributed by atoms with Gasteiger partial charge in [-0.2, -0.15) is 0 Å². The topological polar surface area (TPSA) is 86.7 Å². The van der Waals surface area contributed by atoms with Crippen molar-refractivity contribution < 1.29 is 19.5 Å². The van der Waals surface area contributed by atoms with E-state index in [9.17, 15) is 14.4 Å². The maximum Gasteiger partial charge on any atom is 0.317 e. The summed E-state index contributed by atoms with van der Waals surface area (Å²) in [7, 11) is 0. The predicted octanol–water partition coefficient (Wildman–Crippen LogP) is 1.62. The van der Waals surface area contributed by atoms with Gasteiger partial charge >= 0.3 is 5.97 Å². The molecule has 21 heavy (non-hydrogen) atoms. The predicted molar refractivity (Wildman–Crippen MR) is 79.4 cm³/mol. The molecule has 0 aromatic heterocycles. The molecule has 0 unspecified atom stereocenters. The number of amides is 1. The van der Waals surface area contributed by atoms with Crippen LogP contribution in [0.2, 0.25) is 0 Å². The van der Waals surface area contributed by atoms with E-state index in [4.69, 9.17) is 5.11 Å². The number of nitrogens with zero attached hydrogens (tertiary/aromatic N) is 1. The van der Waals surface area contributed by atoms with Crippen LogP contribution in [0.15, 0.2) is 24.3 Å². The van der Waals surface area contributed by atoms with Crippen molar-refractivity contribution in [3.05, 3.63) is 29.8 Å². The van der Waals surface area contributed by atoms with Crippen LogP contribution in [0.1, 0.15) is 30.6 Å². The van der Waals surface area contributed by atoms with Crippen molar-refractivity contribution >= 4 is 23.3 Å². The molecule has 1 aromatic rings. The smallest absolute Gasteiger partial charge is 0.317 e. The van der Waals surface area contributed by atoms with Crippen molar-refractivity contribution in [1.82, 2.24) is 4.90 Å². The number of ketones is 1. The Balaban J connectivity index is 2.65. The molecule has 0 aliphatic rings. The van der Waals surface area contributed by atoms with E-state index in [1.54, 1.807) is 29.2 Å². The van der Waals surface area contributed by atoms with Crippen LogP contribution < -0.4 is 5.32 Å². The molecule has 6 heteroatoms. The van der Waals surface area contributed by atoms with Crippen molar-refractivity contribution in [3.63, 3.8) is 0 Å². The van der Waals surface area contributed by atoms with E-state index in [-0.39, 0.29) is 24.8 Å². The summed E-state index contributed by atoms with van der Waals surface area (Å²) in [6.07, 6.45) is 0.764. The number of rotatable bonds is 8. The highest BCUT2D eigenvalue weighted by atomic mass is 16.4. The summed E-state index contributed by atoms with van der Waals surface area (Å²) in [6.45, 7) is 3.74. The summed E-state index contributed by atoms with van der Waals surface area (Å²) in [4.78, 5) is 35.5. The number of Topliss-reactive ketones (excluding diaryl/α,β-unsaturated/α-hetero) is 1. The molecule has 6 nitrogen and oxygen atoms in total. The minimum Gasteiger partial charge on any atom is -0.480 e. The van der Waals surface area contributed by atoms with Crippen molar-refractivity contribution in [2.75, 3.05) is 25.0 Å². The van der Waals surface area contributed by atoms with Gasteiger partial charge in [0.2, 0.25) is 5.91 Å². The van der Waals surface area contributed by atoms with E-state index in [0.717, 1.165) is 6.42 Å². The number of carboxylic acids is 1. The van der Waals surface area contributed by atoms with Gasteiger partial charge in [0.05, 0.1) is 13.1 Å². The van der Waals surface area contributed by atoms with Crippen molar-refractivity contribution in [1.29, 1.82) is 0 Å². The van der Waals surface area contributed by atoms with Crippen molar-refractivity contribution in [3.8, 4) is 0 Å². The number of aliphatic carboxylic acids is 1. The maximum atomic E-state index is 11.9. The second-order valence-electron chi connectivity index (χ2n) is 4.79. The Labute approximate surface area is 123 Å². The molecule has 1 rings (SSSR count). The number of carbonyl (C=O) groups excluding carboxylic acids is 2. The van der Waals surface area contributed by atoms with E-state index in [1.165, 1.54) is 6.92 Å². The first-order valence-electron chi connectivity index (χ1n) is 6.77. The summed E-state index contributed by atoms with van der Waals surface area (Å²) < 4.78 is 0. The summed E-state index contributed by atoms with van der Waals surface area (Å²) in [5.74, 6) is -1.34. The van der Waals surface area contributed by atoms with Gasteiger partial charge in [0.25, 0.3) is 0 Å². The zero-order valence-electron chi connectivity index (χ0n) is 12.3. The number of hydrogen-bond acceptors (Lipinski definition) is 4. The molecular weight excluding hydrogens is 272 g/mol. The molecule has 0 heterocycles. The van der Waals surface area contributed by atoms with Crippen molar-refractivity contribution in [2.24, 2.45) is 0 Å². The van der Waals surface area contributed by atoms with E-state index in [0.29, 0.717) is 17.8 Å². The number of nitrogens with one attached hydrogen (secondary N) is 1. The summed E-state index contributed by atoms with van der Waals surface area (Å²) >= 11 is 0. The normalized spacial score (nSPS) is 10.4. The average Bonchev–Trinajstić information content (AvgIpc) is 2.38. The lowest BCUT2D eigenvalue weighted by atomic mass is 10.1. The van der Waals surface area contributed by atoms with E-state index in [2.05, 4.69) is 5.32 Å². The third-order valence-corrected chi connectivity index (χ3v) is 2.82. The Morgan fingerprint density at radius 1 is 1.24 bits per heavy atom. The Hall–Kier alpha value is -2.21. The van der Waals surface area contributed by atoms with Gasteiger partial charge in [-0.1, -0.05) is 19.1 Å². The standard InChI is InChI=1S/C15H20N2O4/c1-3-7-17(10-15(20)21)9-14(19)16-13-6-4-5-12(8-13)11(2)18/h4-6,8H,3,7,9-10H2,1-2H3,(H,16,19)(H,20,21). The van der Waals surface area contributed by atoms with Gasteiger partial charge in [-0.15, -0.1) is 0 Å². The van der Waals surface area contributed by atoms with Gasteiger partial charge in [-0.05, 0) is 32.0 Å². The Kier molecular flexibility index (Phi) is 6.55. The van der Waals surface area contributed by atoms with Crippen LogP contribution in [0.25, 0.3) is 0 Å². The number of anilines is 1. The van der Waals surface area contributed by atoms with Gasteiger partial charge in [0.15, 0.2) is 5.78 Å². The Morgan fingerprint density at radius 2 is 1.95 bits per heavy atom. The molecule has 0 saturated heterocycles. The first-order chi connectivity index (χ1) is 9.92. The van der Waals surface area contributed by atoms with Gasteiger partial charge in [0.1, 0.15) is 0 Å². The molecule has 1 amide bonds. The fraction of sp³-hybridized carbons (Fsp3) is 0.400. The van der Waals surface area contributed by atoms with E-state index >= 15 is 0 Å². The molecule has 0 fully saturated rings. The number of carboxylic acid groups (broad SMARTS) is 1. The van der Waals surface area contributed by atoms with Crippen LogP contribution in [0.4, 0.5) is 5.69 Å². The minimum absolute atomic E-state index is 0.00440. The lowest BCUT2D eigenvalue weighted by Gasteiger charge is -2.18. The van der Waals surface area contributed by atoms with Crippen LogP contribution >= 0.6 is 0 Å². The van der Waals surface area contributed by atoms with Gasteiger partial charge in [0, 0.05) is 11.3 Å². The highest BCUT2D eigenvalue weighted by molar-refractivity contribution is 5.97. The maximum absolute atomic E-state index is 11.9. The monoisotopic (exact) mass is 292 g/mol. The van der Waals surface area contributed by atoms with E-state index in [1.807, 2.05) is 6.92 Å². The highest BCUT2D eigenvalue weighted by Gasteiger charge is 2.13. The molecule has 0 spiro atoms. The molecule has 0 aliphatic heterocycles. The van der Waals surface area contributed by atoms with Gasteiger partial charge < -0.3 is 10.4 Å². The van der Waals surface area contributed by atoms with Crippen LogP contribution in [-0.2, 0) is 9.59 Å². The summed E-state index contributed by atoms with van der Waals surface area (Å²) in [5.41, 5.74) is 1.04. The average molecular weight is 292 g/mol. The van der Waals surface area contributed by atoms with Gasteiger partial charge in [-0.3, -0.25) is 19.3 Å². The van der Waals surface area contributed by atoms with Crippen LogP contribution in [-0.4, -0.2) is 47.3 Å². The fourth-order valence-electron chi connectivity index (χ4n) is 1.94. The number of carbonyl (C=O) groups is 3. The fourth-order valence-corrected chi connectivity index (χ4v) is 1.94. The van der Waals surface area contributed by atoms with Gasteiger partial charge in [-0.25, -0.2) is 0 Å². The Bertz CT molecular complexity index is 528. The number of hydrogen-bond donors (Lipinski definition) is 2. The summed E-state index contributed by atoms with van der Waals surface area (Å²) in [5, 5.41) is 11.5. The minimum atomic E-state index is -0.963. The zero-order valence-corrected chi connectivity index (χ0v) is 12.3. The molecular formula is C15H20N2O4. The molecule has 0 bridgehead atoms. The molecule has 114 valence electrons. The summed E-state index contributed by atoms with van der Waals surface area (Å²) in [6, 6.07) is 6.65. The Morgan fingerprint density at radius 3 is 2.52 bits per heavy atom. The number of benzene rings is 1. The largest absolute Gasteiger partial charge is 0.480 e. The molecule has 1 aromatic carbocycles. The molecule has 0 radical (unpaired) electrons. The highest BCUT2D eigenvalue weighted by Crippen LogP contribution is 2.11. The SMILES string of the molecule is CCCN(CC(=O)O)CC(=O)Nc1cccc(C(C)=O)c1. The van der Waals surface area contributed by atoms with Crippen molar-refractivity contribution in [2.45, 2.75) is 20.3 Å². The molecule has 0 atom stereocenters. The lowest BCUT2D eigenvalue weighted by molar-refractivity contribution is -0.138. The third-order valence-electron chi connectivity index (χ3n) is 2.82. The van der Waals surface area contributed by atoms with Crippen LogP contribution in [0, 0.1) is 0 Å².